The number of likely N-dealkylation sites (tertiary alicyclic amines) is 1. The van der Waals surface area contributed by atoms with Crippen LogP contribution in [0, 0.1) is 0 Å². The predicted octanol–water partition coefficient (Wildman–Crippen LogP) is 4.68. The second-order valence-corrected chi connectivity index (χ2v) is 9.06. The summed E-state index contributed by atoms with van der Waals surface area (Å²) in [7, 11) is 3.29. The molecule has 0 saturated carbocycles. The number of Topliss-reactive ketones (excluding diaryl/α,β-unsaturated/α-hetero) is 1. The number of fused-ring (bicyclic) bond motifs is 1. The fourth-order valence-corrected chi connectivity index (χ4v) is 5.20. The van der Waals surface area contributed by atoms with Crippen LogP contribution in [-0.2, 0) is 23.2 Å². The Labute approximate surface area is 205 Å². The number of carbonyl (C=O) groups excluding carboxylic acids is 1. The van der Waals surface area contributed by atoms with Gasteiger partial charge in [0.1, 0.15) is 5.54 Å². The van der Waals surface area contributed by atoms with Gasteiger partial charge >= 0.3 is 0 Å². The van der Waals surface area contributed by atoms with E-state index < -0.39 is 5.54 Å². The molecule has 2 aliphatic rings. The molecular formula is C24H29Cl3N2O3. The number of hydrogen-bond acceptors (Lipinski definition) is 5. The zero-order valence-electron chi connectivity index (χ0n) is 18.4. The summed E-state index contributed by atoms with van der Waals surface area (Å²) in [6.07, 6.45) is 3.37. The van der Waals surface area contributed by atoms with Gasteiger partial charge in [0, 0.05) is 25.1 Å². The van der Waals surface area contributed by atoms with Crippen molar-refractivity contribution in [3.05, 3.63) is 57.1 Å². The number of rotatable bonds is 7. The minimum atomic E-state index is -0.816. The highest BCUT2D eigenvalue weighted by atomic mass is 35.5. The standard InChI is InChI=1S/C24H28Cl2N2O3.ClH/c1-30-21-8-6-18-17(23(21)31-2)9-10-27-24(18,15-28-11-3-4-12-28)22(29)14-16-5-7-19(25)20(26)13-16;/h5-8,13,27H,3-4,9-12,14-15H2,1-2H3;1H. The van der Waals surface area contributed by atoms with Crippen LogP contribution < -0.4 is 14.8 Å². The molecule has 0 radical (unpaired) electrons. The first-order valence-corrected chi connectivity index (χ1v) is 11.4. The molecule has 1 saturated heterocycles. The van der Waals surface area contributed by atoms with Crippen molar-refractivity contribution in [1.29, 1.82) is 0 Å². The van der Waals surface area contributed by atoms with E-state index in [9.17, 15) is 4.79 Å². The lowest BCUT2D eigenvalue weighted by Gasteiger charge is -2.42. The molecule has 174 valence electrons. The lowest BCUT2D eigenvalue weighted by molar-refractivity contribution is -0.126. The molecule has 1 unspecified atom stereocenters. The SMILES string of the molecule is COc1ccc2c(c1OC)CCNC2(CN1CCCC1)C(=O)Cc1ccc(Cl)c(Cl)c1.Cl. The monoisotopic (exact) mass is 498 g/mol. The van der Waals surface area contributed by atoms with Crippen LogP contribution in [0.1, 0.15) is 29.5 Å². The summed E-state index contributed by atoms with van der Waals surface area (Å²) in [6.45, 7) is 3.34. The molecule has 0 aliphatic carbocycles. The number of benzene rings is 2. The molecule has 2 aromatic rings. The van der Waals surface area contributed by atoms with Crippen molar-refractivity contribution in [2.24, 2.45) is 0 Å². The van der Waals surface area contributed by atoms with E-state index in [1.165, 1.54) is 0 Å². The minimum Gasteiger partial charge on any atom is -0.493 e. The van der Waals surface area contributed by atoms with Crippen molar-refractivity contribution < 1.29 is 14.3 Å². The first-order valence-electron chi connectivity index (χ1n) is 10.7. The van der Waals surface area contributed by atoms with Crippen molar-refractivity contribution in [3.63, 3.8) is 0 Å². The zero-order chi connectivity index (χ0) is 22.0. The molecule has 0 amide bonds. The summed E-state index contributed by atoms with van der Waals surface area (Å²) < 4.78 is 11.2. The van der Waals surface area contributed by atoms with Crippen LogP contribution in [0.4, 0.5) is 0 Å². The molecule has 1 N–H and O–H groups in total. The Kier molecular flexibility index (Phi) is 8.34. The molecule has 1 atom stereocenters. The van der Waals surface area contributed by atoms with E-state index in [2.05, 4.69) is 10.2 Å². The van der Waals surface area contributed by atoms with E-state index in [0.29, 0.717) is 28.9 Å². The fraction of sp³-hybridized carbons (Fsp3) is 0.458. The highest BCUT2D eigenvalue weighted by Gasteiger charge is 2.45. The van der Waals surface area contributed by atoms with E-state index in [1.54, 1.807) is 26.4 Å². The molecule has 2 heterocycles. The van der Waals surface area contributed by atoms with Crippen LogP contribution in [0.3, 0.4) is 0 Å². The van der Waals surface area contributed by atoms with Gasteiger partial charge in [0.2, 0.25) is 0 Å². The smallest absolute Gasteiger partial charge is 0.164 e. The number of carbonyl (C=O) groups is 1. The topological polar surface area (TPSA) is 50.8 Å². The van der Waals surface area contributed by atoms with Gasteiger partial charge in [-0.15, -0.1) is 12.4 Å². The molecule has 2 aliphatic heterocycles. The third-order valence-electron chi connectivity index (χ3n) is 6.39. The van der Waals surface area contributed by atoms with E-state index in [0.717, 1.165) is 54.8 Å². The largest absolute Gasteiger partial charge is 0.493 e. The molecule has 1 fully saturated rings. The fourth-order valence-electron chi connectivity index (χ4n) is 4.88. The van der Waals surface area contributed by atoms with Crippen LogP contribution in [0.2, 0.25) is 10.0 Å². The first-order chi connectivity index (χ1) is 15.0. The third-order valence-corrected chi connectivity index (χ3v) is 7.13. The van der Waals surface area contributed by atoms with Crippen molar-refractivity contribution >= 4 is 41.4 Å². The third kappa shape index (κ3) is 4.73. The van der Waals surface area contributed by atoms with Gasteiger partial charge in [-0.1, -0.05) is 35.3 Å². The van der Waals surface area contributed by atoms with E-state index in [-0.39, 0.29) is 24.6 Å². The molecule has 4 rings (SSSR count). The van der Waals surface area contributed by atoms with Gasteiger partial charge in [-0.2, -0.15) is 0 Å². The maximum atomic E-state index is 14.0. The first kappa shape index (κ1) is 25.1. The molecule has 2 aromatic carbocycles. The molecule has 32 heavy (non-hydrogen) atoms. The van der Waals surface area contributed by atoms with E-state index in [4.69, 9.17) is 32.7 Å². The Morgan fingerprint density at radius 1 is 1.09 bits per heavy atom. The Hall–Kier alpha value is -1.50. The number of hydrogen-bond donors (Lipinski definition) is 1. The summed E-state index contributed by atoms with van der Waals surface area (Å²) in [6, 6.07) is 9.31. The Morgan fingerprint density at radius 2 is 1.84 bits per heavy atom. The molecular weight excluding hydrogens is 471 g/mol. The summed E-state index contributed by atoms with van der Waals surface area (Å²) >= 11 is 12.3. The van der Waals surface area contributed by atoms with Gasteiger partial charge in [0.25, 0.3) is 0 Å². The summed E-state index contributed by atoms with van der Waals surface area (Å²) in [5.74, 6) is 1.52. The highest BCUT2D eigenvalue weighted by Crippen LogP contribution is 2.41. The maximum absolute atomic E-state index is 14.0. The van der Waals surface area contributed by atoms with Crippen LogP contribution in [0.15, 0.2) is 30.3 Å². The van der Waals surface area contributed by atoms with E-state index >= 15 is 0 Å². The summed E-state index contributed by atoms with van der Waals surface area (Å²) in [4.78, 5) is 16.3. The number of nitrogens with zero attached hydrogens (tertiary/aromatic N) is 1. The van der Waals surface area contributed by atoms with Crippen LogP contribution >= 0.6 is 35.6 Å². The maximum Gasteiger partial charge on any atom is 0.164 e. The second kappa shape index (κ2) is 10.6. The Morgan fingerprint density at radius 3 is 2.50 bits per heavy atom. The Balaban J connectivity index is 0.00000289. The van der Waals surface area contributed by atoms with Gasteiger partial charge < -0.3 is 14.4 Å². The molecule has 0 spiro atoms. The normalized spacial score (nSPS) is 20.4. The Bertz CT molecular complexity index is 979. The van der Waals surface area contributed by atoms with E-state index in [1.807, 2.05) is 18.2 Å². The number of methoxy groups -OCH3 is 2. The average Bonchev–Trinajstić information content (AvgIpc) is 3.28. The van der Waals surface area contributed by atoms with Crippen molar-refractivity contribution in [1.82, 2.24) is 10.2 Å². The van der Waals surface area contributed by atoms with Gasteiger partial charge in [0.15, 0.2) is 17.3 Å². The predicted molar refractivity (Wildman–Crippen MR) is 131 cm³/mol. The van der Waals surface area contributed by atoms with Crippen LogP contribution in [-0.4, -0.2) is 51.1 Å². The minimum absolute atomic E-state index is 0. The van der Waals surface area contributed by atoms with Crippen molar-refractivity contribution in [3.8, 4) is 11.5 Å². The quantitative estimate of drug-likeness (QED) is 0.599. The average molecular weight is 500 g/mol. The van der Waals surface area contributed by atoms with Gasteiger partial charge in [-0.3, -0.25) is 10.1 Å². The highest BCUT2D eigenvalue weighted by molar-refractivity contribution is 6.42. The summed E-state index contributed by atoms with van der Waals surface area (Å²) in [5, 5.41) is 4.55. The number of ether oxygens (including phenoxy) is 2. The lowest BCUT2D eigenvalue weighted by atomic mass is 9.76. The molecule has 8 heteroatoms. The van der Waals surface area contributed by atoms with Gasteiger partial charge in [-0.05, 0) is 61.7 Å². The van der Waals surface area contributed by atoms with Crippen LogP contribution in [0.5, 0.6) is 11.5 Å². The van der Waals surface area contributed by atoms with Gasteiger partial charge in [-0.25, -0.2) is 0 Å². The summed E-state index contributed by atoms with van der Waals surface area (Å²) in [5.41, 5.74) is 2.06. The number of ketones is 1. The molecule has 5 nitrogen and oxygen atoms in total. The number of halogens is 3. The van der Waals surface area contributed by atoms with Gasteiger partial charge in [0.05, 0.1) is 24.3 Å². The lowest BCUT2D eigenvalue weighted by Crippen LogP contribution is -2.59. The van der Waals surface area contributed by atoms with Crippen molar-refractivity contribution in [2.75, 3.05) is 40.4 Å². The second-order valence-electron chi connectivity index (χ2n) is 8.24. The zero-order valence-corrected chi connectivity index (χ0v) is 20.7. The molecule has 0 bridgehead atoms. The van der Waals surface area contributed by atoms with Crippen LogP contribution in [0.25, 0.3) is 0 Å². The molecule has 0 aromatic heterocycles. The van der Waals surface area contributed by atoms with Crippen molar-refractivity contribution in [2.45, 2.75) is 31.2 Å². The number of nitrogens with one attached hydrogen (secondary N) is 1.